The summed E-state index contributed by atoms with van der Waals surface area (Å²) in [6.45, 7) is 1.90. The number of carbonyl (C=O) groups excluding carboxylic acids is 2. The number of rotatable bonds is 5. The fraction of sp³-hybridized carbons (Fsp3) is 0.0952. The minimum Gasteiger partial charge on any atom is -0.280 e. The van der Waals surface area contributed by atoms with Crippen LogP contribution < -0.4 is 4.72 Å². The van der Waals surface area contributed by atoms with Crippen LogP contribution in [0.5, 0.6) is 0 Å². The first-order valence-electron chi connectivity index (χ1n) is 8.95. The van der Waals surface area contributed by atoms with Crippen LogP contribution in [0.15, 0.2) is 70.2 Å². The fourth-order valence-electron chi connectivity index (χ4n) is 3.14. The summed E-state index contributed by atoms with van der Waals surface area (Å²) in [7, 11) is -3.77. The molecule has 1 aliphatic heterocycles. The number of imide groups is 1. The van der Waals surface area contributed by atoms with Gasteiger partial charge in [0.1, 0.15) is 5.69 Å². The summed E-state index contributed by atoms with van der Waals surface area (Å²) in [5.41, 5.74) is 2.40. The maximum atomic E-state index is 12.7. The molecule has 2 aromatic carbocycles. The summed E-state index contributed by atoms with van der Waals surface area (Å²) in [6, 6.07) is 14.4. The molecule has 7 nitrogen and oxygen atoms in total. The number of aryl methyl sites for hydroxylation is 1. The van der Waals surface area contributed by atoms with E-state index in [0.717, 1.165) is 14.9 Å². The zero-order valence-corrected chi connectivity index (χ0v) is 18.2. The molecule has 0 saturated heterocycles. The molecule has 0 saturated carbocycles. The molecule has 152 valence electrons. The van der Waals surface area contributed by atoms with E-state index < -0.39 is 21.8 Å². The van der Waals surface area contributed by atoms with Gasteiger partial charge >= 0.3 is 0 Å². The lowest BCUT2D eigenvalue weighted by Gasteiger charge is -2.14. The van der Waals surface area contributed by atoms with Crippen molar-refractivity contribution in [3.8, 4) is 0 Å². The van der Waals surface area contributed by atoms with Crippen LogP contribution in [0.3, 0.4) is 0 Å². The van der Waals surface area contributed by atoms with Gasteiger partial charge in [-0.3, -0.25) is 24.2 Å². The van der Waals surface area contributed by atoms with Crippen molar-refractivity contribution in [1.82, 2.24) is 9.88 Å². The van der Waals surface area contributed by atoms with E-state index in [-0.39, 0.29) is 22.7 Å². The lowest BCUT2D eigenvalue weighted by Crippen LogP contribution is -2.29. The van der Waals surface area contributed by atoms with Crippen LogP contribution in [0.4, 0.5) is 5.69 Å². The highest BCUT2D eigenvalue weighted by atomic mass is 79.9. The van der Waals surface area contributed by atoms with Crippen molar-refractivity contribution in [3.63, 3.8) is 0 Å². The quantitative estimate of drug-likeness (QED) is 0.555. The Hall–Kier alpha value is -3.04. The number of hydrogen-bond donors (Lipinski definition) is 1. The Morgan fingerprint density at radius 2 is 1.77 bits per heavy atom. The van der Waals surface area contributed by atoms with E-state index in [1.165, 1.54) is 18.3 Å². The van der Waals surface area contributed by atoms with Gasteiger partial charge in [-0.1, -0.05) is 28.1 Å². The monoisotopic (exact) mass is 485 g/mol. The topological polar surface area (TPSA) is 96.4 Å². The highest BCUT2D eigenvalue weighted by molar-refractivity contribution is 9.10. The highest BCUT2D eigenvalue weighted by Crippen LogP contribution is 2.25. The predicted molar refractivity (Wildman–Crippen MR) is 115 cm³/mol. The number of halogens is 1. The third kappa shape index (κ3) is 3.73. The number of aromatic nitrogens is 1. The molecule has 1 aliphatic rings. The Bertz CT molecular complexity index is 1240. The Balaban J connectivity index is 1.51. The number of carbonyl (C=O) groups is 2. The molecular formula is C21H16BrN3O4S. The van der Waals surface area contributed by atoms with Gasteiger partial charge < -0.3 is 0 Å². The van der Waals surface area contributed by atoms with E-state index in [9.17, 15) is 18.0 Å². The Morgan fingerprint density at radius 1 is 1.03 bits per heavy atom. The van der Waals surface area contributed by atoms with Gasteiger partial charge in [0.15, 0.2) is 0 Å². The second-order valence-electron chi connectivity index (χ2n) is 6.81. The van der Waals surface area contributed by atoms with E-state index >= 15 is 0 Å². The second-order valence-corrected chi connectivity index (χ2v) is 9.35. The number of nitrogens with zero attached hydrogens (tertiary/aromatic N) is 2. The summed E-state index contributed by atoms with van der Waals surface area (Å²) >= 11 is 3.38. The lowest BCUT2D eigenvalue weighted by atomic mass is 10.2. The molecule has 0 fully saturated rings. The average molecular weight is 486 g/mol. The van der Waals surface area contributed by atoms with Crippen LogP contribution in [-0.2, 0) is 16.6 Å². The predicted octanol–water partition coefficient (Wildman–Crippen LogP) is 3.75. The molecule has 4 rings (SSSR count). The normalized spacial score (nSPS) is 13.5. The lowest BCUT2D eigenvalue weighted by molar-refractivity contribution is 0.0640. The van der Waals surface area contributed by atoms with Gasteiger partial charge in [0.2, 0.25) is 0 Å². The minimum atomic E-state index is -3.77. The molecule has 3 aromatic rings. The molecule has 9 heteroatoms. The fourth-order valence-corrected chi connectivity index (χ4v) is 4.43. The zero-order valence-electron chi connectivity index (χ0n) is 15.8. The van der Waals surface area contributed by atoms with Crippen molar-refractivity contribution < 1.29 is 18.0 Å². The summed E-state index contributed by atoms with van der Waals surface area (Å²) in [5, 5.41) is 0. The second kappa shape index (κ2) is 7.66. The molecule has 30 heavy (non-hydrogen) atoms. The average Bonchev–Trinajstić information content (AvgIpc) is 2.96. The van der Waals surface area contributed by atoms with Crippen LogP contribution in [0.1, 0.15) is 32.0 Å². The van der Waals surface area contributed by atoms with Crippen LogP contribution in [0.2, 0.25) is 0 Å². The summed E-state index contributed by atoms with van der Waals surface area (Å²) in [5.74, 6) is -0.869. The van der Waals surface area contributed by atoms with Gasteiger partial charge in [-0.15, -0.1) is 0 Å². The molecular weight excluding hydrogens is 470 g/mol. The minimum absolute atomic E-state index is 0.0354. The van der Waals surface area contributed by atoms with Gasteiger partial charge in [-0.2, -0.15) is 0 Å². The third-order valence-corrected chi connectivity index (χ3v) is 7.00. The van der Waals surface area contributed by atoms with E-state index in [0.29, 0.717) is 11.3 Å². The van der Waals surface area contributed by atoms with Crippen LogP contribution in [0.25, 0.3) is 0 Å². The summed E-state index contributed by atoms with van der Waals surface area (Å²) in [4.78, 5) is 30.0. The van der Waals surface area contributed by atoms with Crippen molar-refractivity contribution in [2.45, 2.75) is 18.4 Å². The van der Waals surface area contributed by atoms with Gasteiger partial charge in [0, 0.05) is 16.4 Å². The zero-order chi connectivity index (χ0) is 21.5. The van der Waals surface area contributed by atoms with E-state index in [1.54, 1.807) is 42.5 Å². The standard InChI is InChI=1S/C21H16BrN3O4S/c1-13-11-15(6-9-18(13)22)24-30(28,29)16-7-4-14(5-8-16)12-25-20(26)17-3-2-10-23-19(17)21(25)27/h2-11,24H,12H2,1H3. The first-order chi connectivity index (χ1) is 14.3. The molecule has 1 N–H and O–H groups in total. The molecule has 0 aliphatic carbocycles. The van der Waals surface area contributed by atoms with Crippen LogP contribution >= 0.6 is 15.9 Å². The molecule has 0 unspecified atom stereocenters. The van der Waals surface area contributed by atoms with Gasteiger partial charge in [-0.25, -0.2) is 8.42 Å². The van der Waals surface area contributed by atoms with E-state index in [2.05, 4.69) is 25.6 Å². The van der Waals surface area contributed by atoms with Crippen LogP contribution in [0, 0.1) is 6.92 Å². The Morgan fingerprint density at radius 3 is 2.43 bits per heavy atom. The number of nitrogens with one attached hydrogen (secondary N) is 1. The van der Waals surface area contributed by atoms with E-state index in [4.69, 9.17) is 0 Å². The van der Waals surface area contributed by atoms with Crippen molar-refractivity contribution >= 4 is 43.5 Å². The van der Waals surface area contributed by atoms with Crippen LogP contribution in [-0.4, -0.2) is 30.1 Å². The first-order valence-corrected chi connectivity index (χ1v) is 11.2. The molecule has 2 heterocycles. The first kappa shape index (κ1) is 20.2. The summed E-state index contributed by atoms with van der Waals surface area (Å²) < 4.78 is 28.7. The third-order valence-electron chi connectivity index (χ3n) is 4.72. The number of benzene rings is 2. The largest absolute Gasteiger partial charge is 0.280 e. The molecule has 0 radical (unpaired) electrons. The molecule has 0 bridgehead atoms. The number of sulfonamides is 1. The van der Waals surface area contributed by atoms with Crippen molar-refractivity contribution in [1.29, 1.82) is 0 Å². The smallest absolute Gasteiger partial charge is 0.280 e. The molecule has 0 atom stereocenters. The SMILES string of the molecule is Cc1cc(NS(=O)(=O)c2ccc(CN3C(=O)c4cccnc4C3=O)cc2)ccc1Br. The van der Waals surface area contributed by atoms with Gasteiger partial charge in [-0.05, 0) is 60.5 Å². The number of amides is 2. The highest BCUT2D eigenvalue weighted by Gasteiger charge is 2.36. The molecule has 0 spiro atoms. The Labute approximate surface area is 181 Å². The molecule has 1 aromatic heterocycles. The maximum absolute atomic E-state index is 12.7. The van der Waals surface area contributed by atoms with Crippen molar-refractivity contribution in [2.75, 3.05) is 4.72 Å². The number of hydrogen-bond acceptors (Lipinski definition) is 5. The van der Waals surface area contributed by atoms with Crippen molar-refractivity contribution in [3.05, 3.63) is 87.7 Å². The Kier molecular flexibility index (Phi) is 5.17. The van der Waals surface area contributed by atoms with Gasteiger partial charge in [0.25, 0.3) is 21.8 Å². The van der Waals surface area contributed by atoms with Crippen molar-refractivity contribution in [2.24, 2.45) is 0 Å². The van der Waals surface area contributed by atoms with E-state index in [1.807, 2.05) is 6.92 Å². The molecule has 2 amide bonds. The number of anilines is 1. The van der Waals surface area contributed by atoms with Gasteiger partial charge in [0.05, 0.1) is 17.0 Å². The number of fused-ring (bicyclic) bond motifs is 1. The number of pyridine rings is 1. The maximum Gasteiger partial charge on any atom is 0.280 e. The summed E-state index contributed by atoms with van der Waals surface area (Å²) in [6.07, 6.45) is 1.47.